The number of benzene rings is 1. The van der Waals surface area contributed by atoms with Crippen molar-refractivity contribution in [3.8, 4) is 0 Å². The maximum absolute atomic E-state index is 12.3. The van der Waals surface area contributed by atoms with E-state index in [0.717, 1.165) is 16.8 Å². The van der Waals surface area contributed by atoms with E-state index in [4.69, 9.17) is 5.11 Å². The molecule has 0 unspecified atom stereocenters. The molecule has 0 bridgehead atoms. The van der Waals surface area contributed by atoms with Crippen LogP contribution in [-0.2, 0) is 4.79 Å². The second-order valence-corrected chi connectivity index (χ2v) is 5.17. The van der Waals surface area contributed by atoms with Crippen LogP contribution in [0.15, 0.2) is 42.6 Å². The second-order valence-electron chi connectivity index (χ2n) is 5.17. The number of aliphatic carboxylic acids is 1. The molecule has 114 valence electrons. The quantitative estimate of drug-likeness (QED) is 0.889. The van der Waals surface area contributed by atoms with Gasteiger partial charge in [0.1, 0.15) is 0 Å². The number of aryl methyl sites for hydroxylation is 2. The molecule has 22 heavy (non-hydrogen) atoms. The molecule has 0 fully saturated rings. The van der Waals surface area contributed by atoms with Crippen LogP contribution in [0.5, 0.6) is 0 Å². The number of carboxylic acid groups (broad SMARTS) is 1. The van der Waals surface area contributed by atoms with Crippen LogP contribution in [0, 0.1) is 13.8 Å². The lowest BCUT2D eigenvalue weighted by molar-refractivity contribution is -0.137. The molecule has 2 aromatic rings. The summed E-state index contributed by atoms with van der Waals surface area (Å²) in [5.41, 5.74) is 2.96. The number of hydrogen-bond donors (Lipinski definition) is 2. The Hall–Kier alpha value is -2.69. The SMILES string of the molecule is Cc1cc(C(=O)N[C@@H](CC(=O)O)c2ccccc2C)ccn1. The zero-order valence-corrected chi connectivity index (χ0v) is 12.5. The Balaban J connectivity index is 2.25. The molecule has 0 saturated carbocycles. The fraction of sp³-hybridized carbons (Fsp3) is 0.235. The molecule has 1 aromatic heterocycles. The van der Waals surface area contributed by atoms with Gasteiger partial charge in [-0.05, 0) is 37.1 Å². The number of pyridine rings is 1. The number of carbonyl (C=O) groups is 2. The van der Waals surface area contributed by atoms with Crippen molar-refractivity contribution >= 4 is 11.9 Å². The van der Waals surface area contributed by atoms with Gasteiger partial charge in [-0.15, -0.1) is 0 Å². The Bertz CT molecular complexity index is 698. The van der Waals surface area contributed by atoms with Gasteiger partial charge in [-0.1, -0.05) is 24.3 Å². The Morgan fingerprint density at radius 2 is 1.95 bits per heavy atom. The maximum atomic E-state index is 12.3. The number of nitrogens with one attached hydrogen (secondary N) is 1. The van der Waals surface area contributed by atoms with Crippen LogP contribution in [0.4, 0.5) is 0 Å². The summed E-state index contributed by atoms with van der Waals surface area (Å²) in [6.07, 6.45) is 1.39. The molecular weight excluding hydrogens is 280 g/mol. The van der Waals surface area contributed by atoms with E-state index in [-0.39, 0.29) is 12.3 Å². The monoisotopic (exact) mass is 298 g/mol. The third-order valence-electron chi connectivity index (χ3n) is 3.41. The normalized spacial score (nSPS) is 11.7. The van der Waals surface area contributed by atoms with E-state index in [9.17, 15) is 9.59 Å². The zero-order valence-electron chi connectivity index (χ0n) is 12.5. The van der Waals surface area contributed by atoms with Crippen LogP contribution < -0.4 is 5.32 Å². The fourth-order valence-electron chi connectivity index (χ4n) is 2.32. The standard InChI is InChI=1S/C17H18N2O3/c1-11-5-3-4-6-14(11)15(10-16(20)21)19-17(22)13-7-8-18-12(2)9-13/h3-9,15H,10H2,1-2H3,(H,19,22)(H,20,21)/t15-/m0/s1. The highest BCUT2D eigenvalue weighted by Gasteiger charge is 2.20. The third-order valence-corrected chi connectivity index (χ3v) is 3.41. The number of aromatic nitrogens is 1. The first-order valence-corrected chi connectivity index (χ1v) is 6.98. The van der Waals surface area contributed by atoms with Crippen molar-refractivity contribution in [1.29, 1.82) is 0 Å². The number of rotatable bonds is 5. The van der Waals surface area contributed by atoms with Crippen LogP contribution >= 0.6 is 0 Å². The van der Waals surface area contributed by atoms with Gasteiger partial charge in [0.25, 0.3) is 5.91 Å². The lowest BCUT2D eigenvalue weighted by Gasteiger charge is -2.19. The van der Waals surface area contributed by atoms with Crippen molar-refractivity contribution in [2.24, 2.45) is 0 Å². The van der Waals surface area contributed by atoms with Gasteiger partial charge in [-0.25, -0.2) is 0 Å². The topological polar surface area (TPSA) is 79.3 Å². The largest absolute Gasteiger partial charge is 0.481 e. The second kappa shape index (κ2) is 6.85. The highest BCUT2D eigenvalue weighted by atomic mass is 16.4. The first kappa shape index (κ1) is 15.7. The summed E-state index contributed by atoms with van der Waals surface area (Å²) in [7, 11) is 0. The van der Waals surface area contributed by atoms with E-state index in [2.05, 4.69) is 10.3 Å². The van der Waals surface area contributed by atoms with Crippen LogP contribution in [0.25, 0.3) is 0 Å². The number of amides is 1. The average Bonchev–Trinajstić information content (AvgIpc) is 2.46. The van der Waals surface area contributed by atoms with E-state index in [1.54, 1.807) is 25.3 Å². The van der Waals surface area contributed by atoms with E-state index in [1.807, 2.05) is 31.2 Å². The van der Waals surface area contributed by atoms with Gasteiger partial charge in [0.2, 0.25) is 0 Å². The number of nitrogens with zero attached hydrogens (tertiary/aromatic N) is 1. The highest BCUT2D eigenvalue weighted by molar-refractivity contribution is 5.94. The molecule has 0 aliphatic rings. The summed E-state index contributed by atoms with van der Waals surface area (Å²) < 4.78 is 0. The molecule has 0 aliphatic carbocycles. The van der Waals surface area contributed by atoms with Crippen molar-refractivity contribution in [3.05, 3.63) is 65.0 Å². The van der Waals surface area contributed by atoms with Crippen molar-refractivity contribution in [2.45, 2.75) is 26.3 Å². The van der Waals surface area contributed by atoms with E-state index in [1.165, 1.54) is 0 Å². The fourth-order valence-corrected chi connectivity index (χ4v) is 2.32. The summed E-state index contributed by atoms with van der Waals surface area (Å²) in [4.78, 5) is 27.5. The maximum Gasteiger partial charge on any atom is 0.305 e. The van der Waals surface area contributed by atoms with Crippen LogP contribution in [0.2, 0.25) is 0 Å². The van der Waals surface area contributed by atoms with Crippen LogP contribution in [-0.4, -0.2) is 22.0 Å². The van der Waals surface area contributed by atoms with Crippen molar-refractivity contribution in [1.82, 2.24) is 10.3 Å². The van der Waals surface area contributed by atoms with Crippen LogP contribution in [0.3, 0.4) is 0 Å². The Kier molecular flexibility index (Phi) is 4.88. The Morgan fingerprint density at radius 3 is 2.59 bits per heavy atom. The molecule has 2 N–H and O–H groups in total. The summed E-state index contributed by atoms with van der Waals surface area (Å²) in [5, 5.41) is 11.9. The molecule has 5 heteroatoms. The molecule has 0 spiro atoms. The highest BCUT2D eigenvalue weighted by Crippen LogP contribution is 2.21. The van der Waals surface area contributed by atoms with Crippen LogP contribution in [0.1, 0.15) is 39.6 Å². The summed E-state index contributed by atoms with van der Waals surface area (Å²) >= 11 is 0. The van der Waals surface area contributed by atoms with E-state index < -0.39 is 12.0 Å². The van der Waals surface area contributed by atoms with Crippen molar-refractivity contribution in [2.75, 3.05) is 0 Å². The van der Waals surface area contributed by atoms with Gasteiger partial charge in [0.15, 0.2) is 0 Å². The smallest absolute Gasteiger partial charge is 0.305 e. The Morgan fingerprint density at radius 1 is 1.23 bits per heavy atom. The lowest BCUT2D eigenvalue weighted by Crippen LogP contribution is -2.30. The molecular formula is C17H18N2O3. The number of hydrogen-bond acceptors (Lipinski definition) is 3. The molecule has 2 rings (SSSR count). The lowest BCUT2D eigenvalue weighted by atomic mass is 9.98. The molecule has 1 atom stereocenters. The van der Waals surface area contributed by atoms with Crippen molar-refractivity contribution in [3.63, 3.8) is 0 Å². The minimum Gasteiger partial charge on any atom is -0.481 e. The van der Waals surface area contributed by atoms with E-state index in [0.29, 0.717) is 5.56 Å². The molecule has 5 nitrogen and oxygen atoms in total. The predicted molar refractivity (Wildman–Crippen MR) is 82.6 cm³/mol. The van der Waals surface area contributed by atoms with Gasteiger partial charge in [0, 0.05) is 17.5 Å². The molecule has 1 amide bonds. The van der Waals surface area contributed by atoms with E-state index >= 15 is 0 Å². The average molecular weight is 298 g/mol. The predicted octanol–water partition coefficient (Wildman–Crippen LogP) is 2.64. The first-order chi connectivity index (χ1) is 10.5. The number of carboxylic acids is 1. The molecule has 0 radical (unpaired) electrons. The molecule has 1 aromatic carbocycles. The van der Waals surface area contributed by atoms with Gasteiger partial charge in [0.05, 0.1) is 12.5 Å². The van der Waals surface area contributed by atoms with Gasteiger partial charge >= 0.3 is 5.97 Å². The summed E-state index contributed by atoms with van der Waals surface area (Å²) in [5.74, 6) is -1.26. The third kappa shape index (κ3) is 3.91. The van der Waals surface area contributed by atoms with Gasteiger partial charge in [-0.3, -0.25) is 14.6 Å². The van der Waals surface area contributed by atoms with Gasteiger partial charge < -0.3 is 10.4 Å². The zero-order chi connectivity index (χ0) is 16.1. The minimum atomic E-state index is -0.959. The summed E-state index contributed by atoms with van der Waals surface area (Å²) in [6, 6.07) is 10.2. The van der Waals surface area contributed by atoms with Gasteiger partial charge in [-0.2, -0.15) is 0 Å². The first-order valence-electron chi connectivity index (χ1n) is 6.98. The molecule has 1 heterocycles. The Labute approximate surface area is 129 Å². The van der Waals surface area contributed by atoms with Crippen molar-refractivity contribution < 1.29 is 14.7 Å². The number of carbonyl (C=O) groups excluding carboxylic acids is 1. The summed E-state index contributed by atoms with van der Waals surface area (Å²) in [6.45, 7) is 3.69. The minimum absolute atomic E-state index is 0.166. The molecule has 0 saturated heterocycles. The molecule has 0 aliphatic heterocycles.